The van der Waals surface area contributed by atoms with E-state index in [2.05, 4.69) is 25.7 Å². The molecule has 1 aliphatic rings. The van der Waals surface area contributed by atoms with Gasteiger partial charge in [0.05, 0.1) is 4.92 Å². The van der Waals surface area contributed by atoms with Crippen LogP contribution in [0.5, 0.6) is 0 Å². The summed E-state index contributed by atoms with van der Waals surface area (Å²) in [5.41, 5.74) is 7.38. The molecule has 0 radical (unpaired) electrons. The summed E-state index contributed by atoms with van der Waals surface area (Å²) in [6, 6.07) is 7.31. The highest BCUT2D eigenvalue weighted by atomic mass is 35.5. The SMILES string of the molecule is CC(c1cccc([N+](=O)[O-])c1)N1CCC(N)C(C)(C)C1.Cl. The van der Waals surface area contributed by atoms with Crippen LogP contribution < -0.4 is 5.73 Å². The Bertz CT molecular complexity index is 507. The van der Waals surface area contributed by atoms with E-state index in [9.17, 15) is 10.1 Å². The van der Waals surface area contributed by atoms with Crippen molar-refractivity contribution in [1.29, 1.82) is 0 Å². The number of hydrogen-bond donors (Lipinski definition) is 1. The fraction of sp³-hybridized carbons (Fsp3) is 0.600. The van der Waals surface area contributed by atoms with Crippen molar-refractivity contribution in [2.45, 2.75) is 39.3 Å². The summed E-state index contributed by atoms with van der Waals surface area (Å²) < 4.78 is 0. The first kappa shape index (κ1) is 17.9. The second-order valence-corrected chi connectivity index (χ2v) is 6.38. The molecule has 21 heavy (non-hydrogen) atoms. The molecule has 1 heterocycles. The molecule has 0 aromatic heterocycles. The van der Waals surface area contributed by atoms with Crippen LogP contribution in [0.4, 0.5) is 5.69 Å². The molecule has 6 heteroatoms. The Hall–Kier alpha value is -1.17. The van der Waals surface area contributed by atoms with Crippen LogP contribution in [0.3, 0.4) is 0 Å². The third kappa shape index (κ3) is 3.93. The quantitative estimate of drug-likeness (QED) is 0.687. The van der Waals surface area contributed by atoms with Crippen LogP contribution in [0.1, 0.15) is 38.8 Å². The number of piperidine rings is 1. The van der Waals surface area contributed by atoms with Gasteiger partial charge in [0, 0.05) is 37.3 Å². The van der Waals surface area contributed by atoms with Gasteiger partial charge in [0.15, 0.2) is 0 Å². The number of nitrogens with two attached hydrogens (primary N) is 1. The van der Waals surface area contributed by atoms with Gasteiger partial charge in [0.25, 0.3) is 5.69 Å². The van der Waals surface area contributed by atoms with Crippen molar-refractivity contribution in [2.24, 2.45) is 11.1 Å². The predicted molar refractivity (Wildman–Crippen MR) is 86.7 cm³/mol. The number of likely N-dealkylation sites (tertiary alicyclic amines) is 1. The Morgan fingerprint density at radius 2 is 2.14 bits per heavy atom. The van der Waals surface area contributed by atoms with Gasteiger partial charge in [0.2, 0.25) is 0 Å². The number of rotatable bonds is 3. The van der Waals surface area contributed by atoms with Crippen LogP contribution in [0, 0.1) is 15.5 Å². The van der Waals surface area contributed by atoms with E-state index in [1.54, 1.807) is 12.1 Å². The van der Waals surface area contributed by atoms with Gasteiger partial charge in [0.1, 0.15) is 0 Å². The smallest absolute Gasteiger partial charge is 0.269 e. The number of benzene rings is 1. The molecule has 2 N–H and O–H groups in total. The highest BCUT2D eigenvalue weighted by Gasteiger charge is 2.35. The minimum Gasteiger partial charge on any atom is -0.327 e. The number of hydrogen-bond acceptors (Lipinski definition) is 4. The molecule has 5 nitrogen and oxygen atoms in total. The zero-order valence-corrected chi connectivity index (χ0v) is 13.6. The topological polar surface area (TPSA) is 72.4 Å². The summed E-state index contributed by atoms with van der Waals surface area (Å²) in [6.45, 7) is 8.33. The molecular weight excluding hydrogens is 290 g/mol. The molecule has 1 aromatic rings. The van der Waals surface area contributed by atoms with Crippen molar-refractivity contribution in [3.63, 3.8) is 0 Å². The van der Waals surface area contributed by atoms with E-state index in [0.717, 1.165) is 25.1 Å². The molecule has 2 rings (SSSR count). The zero-order valence-electron chi connectivity index (χ0n) is 12.8. The van der Waals surface area contributed by atoms with E-state index in [-0.39, 0.29) is 40.5 Å². The van der Waals surface area contributed by atoms with Crippen molar-refractivity contribution < 1.29 is 4.92 Å². The summed E-state index contributed by atoms with van der Waals surface area (Å²) in [4.78, 5) is 12.9. The van der Waals surface area contributed by atoms with Crippen LogP contribution in [0.25, 0.3) is 0 Å². The van der Waals surface area contributed by atoms with Gasteiger partial charge < -0.3 is 5.73 Å². The molecule has 118 valence electrons. The first-order valence-corrected chi connectivity index (χ1v) is 7.05. The maximum Gasteiger partial charge on any atom is 0.269 e. The lowest BCUT2D eigenvalue weighted by Crippen LogP contribution is -2.52. The molecular formula is C15H24ClN3O2. The summed E-state index contributed by atoms with van der Waals surface area (Å²) in [5.74, 6) is 0. The molecule has 0 amide bonds. The van der Waals surface area contributed by atoms with Gasteiger partial charge in [-0.2, -0.15) is 0 Å². The predicted octanol–water partition coefficient (Wildman–Crippen LogP) is 3.14. The Balaban J connectivity index is 0.00000220. The first-order chi connectivity index (χ1) is 9.31. The maximum atomic E-state index is 10.9. The normalized spacial score (nSPS) is 23.1. The Labute approximate surface area is 132 Å². The lowest BCUT2D eigenvalue weighted by molar-refractivity contribution is -0.385. The second-order valence-electron chi connectivity index (χ2n) is 6.38. The number of nitro benzene ring substituents is 1. The Kier molecular flexibility index (Phi) is 5.73. The summed E-state index contributed by atoms with van der Waals surface area (Å²) in [5, 5.41) is 10.9. The molecule has 0 saturated carbocycles. The molecule has 2 atom stereocenters. The first-order valence-electron chi connectivity index (χ1n) is 7.05. The Morgan fingerprint density at radius 3 is 2.71 bits per heavy atom. The fourth-order valence-corrected chi connectivity index (χ4v) is 2.86. The standard InChI is InChI=1S/C15H23N3O2.ClH/c1-11(12-5-4-6-13(9-12)18(19)20)17-8-7-14(16)15(2,3)10-17;/h4-6,9,11,14H,7-8,10,16H2,1-3H3;1H. The van der Waals surface area contributed by atoms with Gasteiger partial charge in [-0.3, -0.25) is 15.0 Å². The van der Waals surface area contributed by atoms with Gasteiger partial charge in [-0.1, -0.05) is 26.0 Å². The van der Waals surface area contributed by atoms with Gasteiger partial charge >= 0.3 is 0 Å². The monoisotopic (exact) mass is 313 g/mol. The van der Waals surface area contributed by atoms with Crippen molar-refractivity contribution in [3.05, 3.63) is 39.9 Å². The minimum atomic E-state index is -0.341. The average Bonchev–Trinajstić information content (AvgIpc) is 2.41. The van der Waals surface area contributed by atoms with E-state index in [1.165, 1.54) is 6.07 Å². The lowest BCUT2D eigenvalue weighted by Gasteiger charge is -2.45. The van der Waals surface area contributed by atoms with Crippen molar-refractivity contribution in [2.75, 3.05) is 13.1 Å². The van der Waals surface area contributed by atoms with Crippen LogP contribution >= 0.6 is 12.4 Å². The number of nitro groups is 1. The number of non-ortho nitro benzene ring substituents is 1. The highest BCUT2D eigenvalue weighted by molar-refractivity contribution is 5.85. The third-order valence-electron chi connectivity index (χ3n) is 4.45. The van der Waals surface area contributed by atoms with E-state index < -0.39 is 0 Å². The van der Waals surface area contributed by atoms with Crippen molar-refractivity contribution >= 4 is 18.1 Å². The van der Waals surface area contributed by atoms with Crippen molar-refractivity contribution in [1.82, 2.24) is 4.90 Å². The Morgan fingerprint density at radius 1 is 1.48 bits per heavy atom. The van der Waals surface area contributed by atoms with Crippen molar-refractivity contribution in [3.8, 4) is 0 Å². The molecule has 1 saturated heterocycles. The summed E-state index contributed by atoms with van der Waals surface area (Å²) >= 11 is 0. The summed E-state index contributed by atoms with van der Waals surface area (Å²) in [6.07, 6.45) is 0.965. The second kappa shape index (κ2) is 6.73. The van der Waals surface area contributed by atoms with E-state index >= 15 is 0 Å². The largest absolute Gasteiger partial charge is 0.327 e. The minimum absolute atomic E-state index is 0. The van der Waals surface area contributed by atoms with Gasteiger partial charge in [-0.15, -0.1) is 12.4 Å². The molecule has 1 aliphatic heterocycles. The zero-order chi connectivity index (χ0) is 14.9. The molecule has 2 unspecified atom stereocenters. The highest BCUT2D eigenvalue weighted by Crippen LogP contribution is 2.33. The maximum absolute atomic E-state index is 10.9. The van der Waals surface area contributed by atoms with E-state index in [1.807, 2.05) is 6.07 Å². The van der Waals surface area contributed by atoms with E-state index in [0.29, 0.717) is 0 Å². The molecule has 1 aromatic carbocycles. The van der Waals surface area contributed by atoms with E-state index in [4.69, 9.17) is 5.73 Å². The molecule has 0 aliphatic carbocycles. The summed E-state index contributed by atoms with van der Waals surface area (Å²) in [7, 11) is 0. The fourth-order valence-electron chi connectivity index (χ4n) is 2.86. The van der Waals surface area contributed by atoms with Gasteiger partial charge in [-0.05, 0) is 24.3 Å². The molecule has 0 bridgehead atoms. The lowest BCUT2D eigenvalue weighted by atomic mass is 9.79. The van der Waals surface area contributed by atoms with Crippen LogP contribution in [-0.2, 0) is 0 Å². The third-order valence-corrected chi connectivity index (χ3v) is 4.45. The van der Waals surface area contributed by atoms with Crippen LogP contribution in [-0.4, -0.2) is 29.0 Å². The average molecular weight is 314 g/mol. The number of halogens is 1. The van der Waals surface area contributed by atoms with Crippen LogP contribution in [0.15, 0.2) is 24.3 Å². The van der Waals surface area contributed by atoms with Crippen LogP contribution in [0.2, 0.25) is 0 Å². The molecule has 0 spiro atoms. The number of nitrogens with zero attached hydrogens (tertiary/aromatic N) is 2. The van der Waals surface area contributed by atoms with Gasteiger partial charge in [-0.25, -0.2) is 0 Å². The molecule has 1 fully saturated rings.